The highest BCUT2D eigenvalue weighted by Gasteiger charge is 2.19. The van der Waals surface area contributed by atoms with Crippen LogP contribution in [0.5, 0.6) is 0 Å². The van der Waals surface area contributed by atoms with Crippen molar-refractivity contribution in [2.45, 2.75) is 65.2 Å². The summed E-state index contributed by atoms with van der Waals surface area (Å²) in [7, 11) is 0. The van der Waals surface area contributed by atoms with E-state index in [0.717, 1.165) is 19.6 Å². The number of hydrogen-bond donors (Lipinski definition) is 1. The number of rotatable bonds is 6. The van der Waals surface area contributed by atoms with Gasteiger partial charge >= 0.3 is 0 Å². The minimum absolute atomic E-state index is 0.561. The Morgan fingerprint density at radius 1 is 1.47 bits per heavy atom. The topological polar surface area (TPSA) is 33.1 Å². The number of imidazole rings is 1. The fourth-order valence-electron chi connectivity index (χ4n) is 2.78. The summed E-state index contributed by atoms with van der Waals surface area (Å²) in [4.78, 5) is 7.04. The number of piperidine rings is 1. The SMILES string of the molecule is CCn1ccnc1CN(CC1CCCCN1)C(C)C. The summed E-state index contributed by atoms with van der Waals surface area (Å²) < 4.78 is 2.24. The first-order valence-corrected chi connectivity index (χ1v) is 7.68. The average molecular weight is 264 g/mol. The third kappa shape index (κ3) is 4.05. The summed E-state index contributed by atoms with van der Waals surface area (Å²) in [6.45, 7) is 11.0. The van der Waals surface area contributed by atoms with Crippen LogP contribution in [0.1, 0.15) is 45.9 Å². The van der Waals surface area contributed by atoms with Crippen LogP contribution in [-0.4, -0.2) is 39.6 Å². The van der Waals surface area contributed by atoms with E-state index < -0.39 is 0 Å². The molecule has 1 fully saturated rings. The van der Waals surface area contributed by atoms with E-state index >= 15 is 0 Å². The second-order valence-corrected chi connectivity index (χ2v) is 5.80. The molecular formula is C15H28N4. The summed E-state index contributed by atoms with van der Waals surface area (Å²) in [5.74, 6) is 1.19. The van der Waals surface area contributed by atoms with Crippen molar-refractivity contribution in [1.29, 1.82) is 0 Å². The van der Waals surface area contributed by atoms with Crippen molar-refractivity contribution in [3.8, 4) is 0 Å². The van der Waals surface area contributed by atoms with Gasteiger partial charge in [0, 0.05) is 37.6 Å². The van der Waals surface area contributed by atoms with Gasteiger partial charge in [-0.1, -0.05) is 6.42 Å². The quantitative estimate of drug-likeness (QED) is 0.855. The zero-order chi connectivity index (χ0) is 13.7. The van der Waals surface area contributed by atoms with Crippen LogP contribution in [0.2, 0.25) is 0 Å². The molecule has 1 unspecified atom stereocenters. The van der Waals surface area contributed by atoms with Crippen LogP contribution < -0.4 is 5.32 Å². The fourth-order valence-corrected chi connectivity index (χ4v) is 2.78. The molecule has 0 bridgehead atoms. The molecule has 1 saturated heterocycles. The second-order valence-electron chi connectivity index (χ2n) is 5.80. The first-order valence-electron chi connectivity index (χ1n) is 7.68. The highest BCUT2D eigenvalue weighted by atomic mass is 15.2. The van der Waals surface area contributed by atoms with E-state index in [-0.39, 0.29) is 0 Å². The van der Waals surface area contributed by atoms with E-state index in [1.165, 1.54) is 31.6 Å². The van der Waals surface area contributed by atoms with Crippen LogP contribution in [0.4, 0.5) is 0 Å². The molecule has 0 amide bonds. The van der Waals surface area contributed by atoms with Gasteiger partial charge in [0.1, 0.15) is 5.82 Å². The average Bonchev–Trinajstić information content (AvgIpc) is 2.86. The molecule has 1 aliphatic heterocycles. The predicted molar refractivity (Wildman–Crippen MR) is 79.1 cm³/mol. The van der Waals surface area contributed by atoms with Crippen LogP contribution in [-0.2, 0) is 13.1 Å². The number of aromatic nitrogens is 2. The maximum atomic E-state index is 4.50. The van der Waals surface area contributed by atoms with Gasteiger partial charge in [-0.05, 0) is 40.2 Å². The lowest BCUT2D eigenvalue weighted by atomic mass is 10.0. The van der Waals surface area contributed by atoms with Gasteiger partial charge < -0.3 is 9.88 Å². The fraction of sp³-hybridized carbons (Fsp3) is 0.800. The van der Waals surface area contributed by atoms with E-state index in [0.29, 0.717) is 12.1 Å². The molecule has 0 radical (unpaired) electrons. The molecule has 2 rings (SSSR count). The Hall–Kier alpha value is -0.870. The van der Waals surface area contributed by atoms with Gasteiger partial charge in [-0.2, -0.15) is 0 Å². The molecule has 0 aromatic carbocycles. The molecule has 4 nitrogen and oxygen atoms in total. The number of aryl methyl sites for hydroxylation is 1. The molecule has 1 N–H and O–H groups in total. The minimum atomic E-state index is 0.561. The summed E-state index contributed by atoms with van der Waals surface area (Å²) in [5.41, 5.74) is 0. The predicted octanol–water partition coefficient (Wildman–Crippen LogP) is 2.26. The Bertz CT molecular complexity index is 366. The molecule has 0 aliphatic carbocycles. The van der Waals surface area contributed by atoms with Gasteiger partial charge in [0.05, 0.1) is 6.54 Å². The lowest BCUT2D eigenvalue weighted by Gasteiger charge is -2.33. The first kappa shape index (κ1) is 14.5. The van der Waals surface area contributed by atoms with Crippen molar-refractivity contribution in [2.24, 2.45) is 0 Å². The van der Waals surface area contributed by atoms with Crippen molar-refractivity contribution in [3.05, 3.63) is 18.2 Å². The zero-order valence-corrected chi connectivity index (χ0v) is 12.6. The van der Waals surface area contributed by atoms with E-state index in [4.69, 9.17) is 0 Å². The molecule has 1 aliphatic rings. The van der Waals surface area contributed by atoms with E-state index in [1.807, 2.05) is 6.20 Å². The molecule has 0 spiro atoms. The van der Waals surface area contributed by atoms with Gasteiger partial charge in [-0.25, -0.2) is 4.98 Å². The van der Waals surface area contributed by atoms with Crippen LogP contribution in [0, 0.1) is 0 Å². The van der Waals surface area contributed by atoms with Crippen LogP contribution in [0.15, 0.2) is 12.4 Å². The molecule has 108 valence electrons. The third-order valence-electron chi connectivity index (χ3n) is 4.08. The third-order valence-corrected chi connectivity index (χ3v) is 4.08. The molecule has 0 saturated carbocycles. The highest BCUT2D eigenvalue weighted by Crippen LogP contribution is 2.13. The lowest BCUT2D eigenvalue weighted by molar-refractivity contribution is 0.171. The Morgan fingerprint density at radius 2 is 2.32 bits per heavy atom. The van der Waals surface area contributed by atoms with E-state index in [2.05, 4.69) is 46.7 Å². The van der Waals surface area contributed by atoms with Crippen LogP contribution in [0.3, 0.4) is 0 Å². The van der Waals surface area contributed by atoms with Gasteiger partial charge in [-0.15, -0.1) is 0 Å². The summed E-state index contributed by atoms with van der Waals surface area (Å²) in [6, 6.07) is 1.21. The molecule has 19 heavy (non-hydrogen) atoms. The largest absolute Gasteiger partial charge is 0.334 e. The van der Waals surface area contributed by atoms with Gasteiger partial charge in [0.2, 0.25) is 0 Å². The first-order chi connectivity index (χ1) is 9.20. The van der Waals surface area contributed by atoms with Crippen molar-refractivity contribution in [2.75, 3.05) is 13.1 Å². The Labute approximate surface area is 117 Å². The van der Waals surface area contributed by atoms with E-state index in [1.54, 1.807) is 0 Å². The van der Waals surface area contributed by atoms with Crippen LogP contribution in [0.25, 0.3) is 0 Å². The van der Waals surface area contributed by atoms with Gasteiger partial charge in [0.15, 0.2) is 0 Å². The molecular weight excluding hydrogens is 236 g/mol. The molecule has 2 heterocycles. The van der Waals surface area contributed by atoms with Crippen LogP contribution >= 0.6 is 0 Å². The molecule has 1 aromatic heterocycles. The standard InChI is InChI=1S/C15H28N4/c1-4-18-10-9-17-15(18)12-19(13(2)3)11-14-7-5-6-8-16-14/h9-10,13-14,16H,4-8,11-12H2,1-3H3. The van der Waals surface area contributed by atoms with Crippen molar-refractivity contribution < 1.29 is 0 Å². The van der Waals surface area contributed by atoms with E-state index in [9.17, 15) is 0 Å². The monoisotopic (exact) mass is 264 g/mol. The second kappa shape index (κ2) is 7.06. The van der Waals surface area contributed by atoms with Gasteiger partial charge in [0.25, 0.3) is 0 Å². The Morgan fingerprint density at radius 3 is 2.95 bits per heavy atom. The summed E-state index contributed by atoms with van der Waals surface area (Å²) >= 11 is 0. The normalized spacial score (nSPS) is 20.4. The van der Waals surface area contributed by atoms with Gasteiger partial charge in [-0.3, -0.25) is 4.90 Å². The van der Waals surface area contributed by atoms with Crippen molar-refractivity contribution in [1.82, 2.24) is 19.8 Å². The summed E-state index contributed by atoms with van der Waals surface area (Å²) in [5, 5.41) is 3.64. The number of nitrogens with zero attached hydrogens (tertiary/aromatic N) is 3. The Balaban J connectivity index is 1.95. The minimum Gasteiger partial charge on any atom is -0.334 e. The highest BCUT2D eigenvalue weighted by molar-refractivity contribution is 4.93. The van der Waals surface area contributed by atoms with Crippen molar-refractivity contribution in [3.63, 3.8) is 0 Å². The molecule has 4 heteroatoms. The smallest absolute Gasteiger partial charge is 0.122 e. The number of hydrogen-bond acceptors (Lipinski definition) is 3. The molecule has 1 aromatic rings. The number of nitrogens with one attached hydrogen (secondary N) is 1. The van der Waals surface area contributed by atoms with Crippen molar-refractivity contribution >= 4 is 0 Å². The maximum absolute atomic E-state index is 4.50. The molecule has 1 atom stereocenters. The zero-order valence-electron chi connectivity index (χ0n) is 12.6. The maximum Gasteiger partial charge on any atom is 0.122 e. The summed E-state index contributed by atoms with van der Waals surface area (Å²) in [6.07, 6.45) is 8.00. The lowest BCUT2D eigenvalue weighted by Crippen LogP contribution is -2.45. The Kier molecular flexibility index (Phi) is 5.40.